The van der Waals surface area contributed by atoms with Gasteiger partial charge in [-0.15, -0.1) is 10.2 Å². The maximum absolute atomic E-state index is 12.4. The molecular weight excluding hydrogens is 436 g/mol. The first-order valence-corrected chi connectivity index (χ1v) is 11.3. The molecule has 0 atom stereocenters. The van der Waals surface area contributed by atoms with Gasteiger partial charge in [-0.25, -0.2) is 0 Å². The van der Waals surface area contributed by atoms with E-state index in [2.05, 4.69) is 22.4 Å². The average molecular weight is 461 g/mol. The van der Waals surface area contributed by atoms with Crippen molar-refractivity contribution in [2.75, 3.05) is 25.3 Å². The van der Waals surface area contributed by atoms with Gasteiger partial charge >= 0.3 is 0 Å². The summed E-state index contributed by atoms with van der Waals surface area (Å²) in [6, 6.07) is 12.8. The van der Waals surface area contributed by atoms with Crippen molar-refractivity contribution in [2.24, 2.45) is 0 Å². The summed E-state index contributed by atoms with van der Waals surface area (Å²) in [6.45, 7) is 2.88. The lowest BCUT2D eigenvalue weighted by Crippen LogP contribution is -2.15. The largest absolute Gasteiger partial charge is 0.493 e. The van der Waals surface area contributed by atoms with Crippen molar-refractivity contribution in [3.8, 4) is 22.9 Å². The quantitative estimate of drug-likeness (QED) is 0.422. The van der Waals surface area contributed by atoms with Gasteiger partial charge in [-0.05, 0) is 36.8 Å². The minimum atomic E-state index is -0.157. The molecule has 0 spiro atoms. The smallest absolute Gasteiger partial charge is 0.234 e. The molecule has 0 saturated heterocycles. The monoisotopic (exact) mass is 460 g/mol. The number of para-hydroxylation sites is 1. The van der Waals surface area contributed by atoms with E-state index < -0.39 is 0 Å². The second kappa shape index (κ2) is 11.1. The molecule has 0 fully saturated rings. The van der Waals surface area contributed by atoms with Gasteiger partial charge in [0.1, 0.15) is 0 Å². The average Bonchev–Trinajstić information content (AvgIpc) is 3.20. The third kappa shape index (κ3) is 5.71. The molecule has 164 valence electrons. The molecule has 1 heterocycles. The number of halogens is 1. The van der Waals surface area contributed by atoms with Gasteiger partial charge in [0, 0.05) is 12.1 Å². The van der Waals surface area contributed by atoms with Crippen molar-refractivity contribution in [3.05, 3.63) is 47.5 Å². The number of amides is 1. The molecule has 0 aliphatic heterocycles. The number of methoxy groups -OCH3 is 2. The fourth-order valence-corrected chi connectivity index (χ4v) is 3.93. The van der Waals surface area contributed by atoms with Crippen LogP contribution in [-0.2, 0) is 11.3 Å². The minimum absolute atomic E-state index is 0.157. The number of thioether (sulfide) groups is 1. The molecule has 3 aromatic rings. The molecule has 1 N–H and O–H groups in total. The van der Waals surface area contributed by atoms with Crippen LogP contribution in [-0.4, -0.2) is 40.6 Å². The number of ether oxygens (including phenoxy) is 2. The highest BCUT2D eigenvalue weighted by Crippen LogP contribution is 2.33. The predicted molar refractivity (Wildman–Crippen MR) is 124 cm³/mol. The lowest BCUT2D eigenvalue weighted by atomic mass is 10.2. The van der Waals surface area contributed by atoms with Gasteiger partial charge in [-0.1, -0.05) is 48.8 Å². The van der Waals surface area contributed by atoms with Crippen LogP contribution in [0.15, 0.2) is 47.6 Å². The molecule has 7 nitrogen and oxygen atoms in total. The number of hydrogen-bond donors (Lipinski definition) is 1. The van der Waals surface area contributed by atoms with Crippen molar-refractivity contribution < 1.29 is 14.3 Å². The van der Waals surface area contributed by atoms with Crippen LogP contribution in [0.2, 0.25) is 5.02 Å². The maximum atomic E-state index is 12.4. The first-order valence-electron chi connectivity index (χ1n) is 9.90. The van der Waals surface area contributed by atoms with Crippen LogP contribution >= 0.6 is 23.4 Å². The van der Waals surface area contributed by atoms with Crippen LogP contribution in [0, 0.1) is 0 Å². The number of nitrogens with one attached hydrogen (secondary N) is 1. The van der Waals surface area contributed by atoms with Crippen molar-refractivity contribution >= 4 is 35.0 Å². The number of hydrogen-bond acceptors (Lipinski definition) is 6. The molecule has 0 unspecified atom stereocenters. The van der Waals surface area contributed by atoms with E-state index in [9.17, 15) is 4.79 Å². The second-order valence-corrected chi connectivity index (χ2v) is 8.05. The van der Waals surface area contributed by atoms with E-state index in [1.165, 1.54) is 11.8 Å². The van der Waals surface area contributed by atoms with E-state index in [-0.39, 0.29) is 11.7 Å². The standard InChI is InChI=1S/C22H25ClN4O3S/c1-4-5-12-27-21(15-10-11-18(29-2)19(13-15)30-3)25-26-22(27)31-14-20(28)24-17-9-7-6-8-16(17)23/h6-11,13H,4-5,12,14H2,1-3H3,(H,24,28). The SMILES string of the molecule is CCCCn1c(SCC(=O)Nc2ccccc2Cl)nnc1-c1ccc(OC)c(OC)c1. The summed E-state index contributed by atoms with van der Waals surface area (Å²) < 4.78 is 12.8. The zero-order chi connectivity index (χ0) is 22.2. The first kappa shape index (κ1) is 23.0. The molecule has 9 heteroatoms. The lowest BCUT2D eigenvalue weighted by Gasteiger charge is -2.12. The molecule has 31 heavy (non-hydrogen) atoms. The Kier molecular flexibility index (Phi) is 8.20. The minimum Gasteiger partial charge on any atom is -0.493 e. The third-order valence-electron chi connectivity index (χ3n) is 4.57. The fourth-order valence-electron chi connectivity index (χ4n) is 2.98. The summed E-state index contributed by atoms with van der Waals surface area (Å²) in [5.74, 6) is 2.04. The Morgan fingerprint density at radius 2 is 1.90 bits per heavy atom. The van der Waals surface area contributed by atoms with E-state index in [0.29, 0.717) is 27.4 Å². The number of carbonyl (C=O) groups excluding carboxylic acids is 1. The predicted octanol–water partition coefficient (Wildman–Crippen LogP) is 5.15. The molecule has 3 rings (SSSR count). The number of nitrogens with zero attached hydrogens (tertiary/aromatic N) is 3. The summed E-state index contributed by atoms with van der Waals surface area (Å²) in [5, 5.41) is 12.7. The van der Waals surface area contributed by atoms with Crippen LogP contribution in [0.4, 0.5) is 5.69 Å². The van der Waals surface area contributed by atoms with E-state index >= 15 is 0 Å². The molecule has 1 amide bonds. The molecular formula is C22H25ClN4O3S. The van der Waals surface area contributed by atoms with Crippen LogP contribution in [0.3, 0.4) is 0 Å². The van der Waals surface area contributed by atoms with Crippen LogP contribution in [0.1, 0.15) is 19.8 Å². The zero-order valence-corrected chi connectivity index (χ0v) is 19.3. The van der Waals surface area contributed by atoms with Gasteiger partial charge in [0.25, 0.3) is 0 Å². The van der Waals surface area contributed by atoms with Crippen LogP contribution in [0.25, 0.3) is 11.4 Å². The molecule has 0 bridgehead atoms. The van der Waals surface area contributed by atoms with E-state index in [1.54, 1.807) is 26.4 Å². The molecule has 0 aliphatic carbocycles. The Balaban J connectivity index is 1.79. The van der Waals surface area contributed by atoms with E-state index in [0.717, 1.165) is 30.8 Å². The topological polar surface area (TPSA) is 78.3 Å². The number of carbonyl (C=O) groups is 1. The summed E-state index contributed by atoms with van der Waals surface area (Å²) >= 11 is 7.46. The van der Waals surface area contributed by atoms with Crippen molar-refractivity contribution in [2.45, 2.75) is 31.5 Å². The van der Waals surface area contributed by atoms with Gasteiger partial charge in [0.2, 0.25) is 5.91 Å². The Morgan fingerprint density at radius 3 is 2.61 bits per heavy atom. The first-order chi connectivity index (χ1) is 15.1. The number of unbranched alkanes of at least 4 members (excludes halogenated alkanes) is 1. The van der Waals surface area contributed by atoms with Gasteiger partial charge in [-0.3, -0.25) is 4.79 Å². The van der Waals surface area contributed by atoms with Gasteiger partial charge in [0.05, 0.1) is 30.7 Å². The maximum Gasteiger partial charge on any atom is 0.234 e. The Hall–Kier alpha value is -2.71. The molecule has 1 aromatic heterocycles. The van der Waals surface area contributed by atoms with Gasteiger partial charge < -0.3 is 19.4 Å². The van der Waals surface area contributed by atoms with Crippen LogP contribution in [0.5, 0.6) is 11.5 Å². The molecule has 0 saturated carbocycles. The highest BCUT2D eigenvalue weighted by molar-refractivity contribution is 7.99. The summed E-state index contributed by atoms with van der Waals surface area (Å²) in [7, 11) is 3.20. The number of rotatable bonds is 10. The third-order valence-corrected chi connectivity index (χ3v) is 5.87. The second-order valence-electron chi connectivity index (χ2n) is 6.70. The Bertz CT molecular complexity index is 1040. The summed E-state index contributed by atoms with van der Waals surface area (Å²) in [6.07, 6.45) is 2.00. The molecule has 0 radical (unpaired) electrons. The molecule has 2 aromatic carbocycles. The molecule has 0 aliphatic rings. The van der Waals surface area contributed by atoms with Gasteiger partial charge in [0.15, 0.2) is 22.5 Å². The van der Waals surface area contributed by atoms with Crippen molar-refractivity contribution in [1.82, 2.24) is 14.8 Å². The lowest BCUT2D eigenvalue weighted by molar-refractivity contribution is -0.113. The van der Waals surface area contributed by atoms with Gasteiger partial charge in [-0.2, -0.15) is 0 Å². The van der Waals surface area contributed by atoms with Crippen LogP contribution < -0.4 is 14.8 Å². The fraction of sp³-hybridized carbons (Fsp3) is 0.318. The zero-order valence-electron chi connectivity index (χ0n) is 17.7. The summed E-state index contributed by atoms with van der Waals surface area (Å²) in [5.41, 5.74) is 1.46. The Labute approximate surface area is 191 Å². The van der Waals surface area contributed by atoms with Crippen molar-refractivity contribution in [3.63, 3.8) is 0 Å². The number of anilines is 1. The number of aromatic nitrogens is 3. The van der Waals surface area contributed by atoms with E-state index in [1.807, 2.05) is 34.9 Å². The summed E-state index contributed by atoms with van der Waals surface area (Å²) in [4.78, 5) is 12.4. The van der Waals surface area contributed by atoms with Crippen molar-refractivity contribution in [1.29, 1.82) is 0 Å². The van der Waals surface area contributed by atoms with E-state index in [4.69, 9.17) is 21.1 Å². The Morgan fingerprint density at radius 1 is 1.13 bits per heavy atom. The highest BCUT2D eigenvalue weighted by Gasteiger charge is 2.17. The normalized spacial score (nSPS) is 10.7. The highest BCUT2D eigenvalue weighted by atomic mass is 35.5. The number of benzene rings is 2.